The second kappa shape index (κ2) is 6.11. The van der Waals surface area contributed by atoms with Gasteiger partial charge in [-0.2, -0.15) is 11.3 Å². The molecule has 2 aromatic rings. The van der Waals surface area contributed by atoms with Crippen molar-refractivity contribution in [3.63, 3.8) is 0 Å². The van der Waals surface area contributed by atoms with E-state index in [1.54, 1.807) is 11.4 Å². The first-order chi connectivity index (χ1) is 9.49. The van der Waals surface area contributed by atoms with Crippen molar-refractivity contribution in [2.45, 2.75) is 13.0 Å². The van der Waals surface area contributed by atoms with Gasteiger partial charge in [0.05, 0.1) is 11.7 Å². The maximum absolute atomic E-state index is 13.5. The average molecular weight is 297 g/mol. The van der Waals surface area contributed by atoms with Crippen molar-refractivity contribution in [2.24, 2.45) is 0 Å². The fourth-order valence-electron chi connectivity index (χ4n) is 1.70. The molecule has 0 aliphatic heterocycles. The van der Waals surface area contributed by atoms with Crippen LogP contribution in [-0.2, 0) is 0 Å². The molecule has 1 unspecified atom stereocenters. The van der Waals surface area contributed by atoms with Crippen LogP contribution in [0.15, 0.2) is 29.0 Å². The second-order valence-corrected chi connectivity index (χ2v) is 5.14. The van der Waals surface area contributed by atoms with Gasteiger partial charge in [-0.15, -0.1) is 0 Å². The van der Waals surface area contributed by atoms with E-state index in [1.165, 1.54) is 18.3 Å². The fourth-order valence-corrected chi connectivity index (χ4v) is 2.41. The zero-order valence-electron chi connectivity index (χ0n) is 10.7. The van der Waals surface area contributed by atoms with E-state index in [1.807, 2.05) is 5.38 Å². The molecule has 1 aromatic heterocycles. The highest BCUT2D eigenvalue weighted by atomic mass is 32.1. The van der Waals surface area contributed by atoms with Gasteiger partial charge in [0.25, 0.3) is 5.91 Å². The van der Waals surface area contributed by atoms with E-state index < -0.39 is 23.6 Å². The maximum atomic E-state index is 13.5. The predicted octanol–water partition coefficient (Wildman–Crippen LogP) is 2.80. The number of carbonyl (C=O) groups is 1. The number of rotatable bonds is 4. The van der Waals surface area contributed by atoms with Crippen molar-refractivity contribution in [3.8, 4) is 0 Å². The summed E-state index contributed by atoms with van der Waals surface area (Å²) in [4.78, 5) is 11.8. The third-order valence-corrected chi connectivity index (χ3v) is 3.58. The first-order valence-electron chi connectivity index (χ1n) is 5.93. The van der Waals surface area contributed by atoms with Crippen LogP contribution in [0.2, 0.25) is 0 Å². The summed E-state index contributed by atoms with van der Waals surface area (Å²) < 4.78 is 26.6. The van der Waals surface area contributed by atoms with Gasteiger partial charge >= 0.3 is 0 Å². The Morgan fingerprint density at radius 2 is 2.15 bits per heavy atom. The van der Waals surface area contributed by atoms with E-state index in [-0.39, 0.29) is 17.7 Å². The molecule has 1 atom stereocenters. The standard InChI is InChI=1S/C14H13F2NO2S/c1-8-4-10(12(16)5-11(8)15)14(19)17-6-13(18)9-2-3-20-7-9/h2-5,7,13,18H,6H2,1H3,(H,17,19). The van der Waals surface area contributed by atoms with Crippen LogP contribution in [-0.4, -0.2) is 17.6 Å². The van der Waals surface area contributed by atoms with Crippen LogP contribution in [0.3, 0.4) is 0 Å². The van der Waals surface area contributed by atoms with Crippen LogP contribution >= 0.6 is 11.3 Å². The molecule has 2 rings (SSSR count). The molecule has 0 aliphatic rings. The van der Waals surface area contributed by atoms with Gasteiger partial charge in [0.1, 0.15) is 11.6 Å². The molecule has 1 aromatic carbocycles. The molecule has 6 heteroatoms. The molecular weight excluding hydrogens is 284 g/mol. The number of amides is 1. The molecule has 0 fully saturated rings. The number of carbonyl (C=O) groups excluding carboxylic acids is 1. The molecule has 1 heterocycles. The molecule has 0 radical (unpaired) electrons. The summed E-state index contributed by atoms with van der Waals surface area (Å²) in [5.41, 5.74) is 0.641. The van der Waals surface area contributed by atoms with Crippen LogP contribution in [0.25, 0.3) is 0 Å². The lowest BCUT2D eigenvalue weighted by Gasteiger charge is -2.11. The lowest BCUT2D eigenvalue weighted by atomic mass is 10.1. The summed E-state index contributed by atoms with van der Waals surface area (Å²) in [6, 6.07) is 3.57. The van der Waals surface area contributed by atoms with Crippen molar-refractivity contribution >= 4 is 17.2 Å². The number of nitrogens with one attached hydrogen (secondary N) is 1. The van der Waals surface area contributed by atoms with Gasteiger partial charge in [0.2, 0.25) is 0 Å². The molecule has 106 valence electrons. The largest absolute Gasteiger partial charge is 0.387 e. The lowest BCUT2D eigenvalue weighted by molar-refractivity contribution is 0.0912. The fraction of sp³-hybridized carbons (Fsp3) is 0.214. The van der Waals surface area contributed by atoms with Crippen molar-refractivity contribution in [1.82, 2.24) is 5.32 Å². The molecular formula is C14H13F2NO2S. The van der Waals surface area contributed by atoms with Gasteiger partial charge in [-0.3, -0.25) is 4.79 Å². The molecule has 0 saturated carbocycles. The highest BCUT2D eigenvalue weighted by molar-refractivity contribution is 7.07. The molecule has 3 nitrogen and oxygen atoms in total. The molecule has 0 bridgehead atoms. The zero-order valence-corrected chi connectivity index (χ0v) is 11.5. The summed E-state index contributed by atoms with van der Waals surface area (Å²) in [7, 11) is 0. The first kappa shape index (κ1) is 14.6. The van der Waals surface area contributed by atoms with Crippen molar-refractivity contribution < 1.29 is 18.7 Å². The minimum Gasteiger partial charge on any atom is -0.387 e. The van der Waals surface area contributed by atoms with Gasteiger partial charge in [0.15, 0.2) is 0 Å². The zero-order chi connectivity index (χ0) is 14.7. The second-order valence-electron chi connectivity index (χ2n) is 4.36. The van der Waals surface area contributed by atoms with E-state index in [0.717, 1.165) is 6.07 Å². The Kier molecular flexibility index (Phi) is 4.46. The Hall–Kier alpha value is -1.79. The Bertz CT molecular complexity index is 614. The minimum absolute atomic E-state index is 0.0363. The predicted molar refractivity (Wildman–Crippen MR) is 72.7 cm³/mol. The summed E-state index contributed by atoms with van der Waals surface area (Å²) in [5, 5.41) is 15.8. The minimum atomic E-state index is -0.921. The molecule has 20 heavy (non-hydrogen) atoms. The van der Waals surface area contributed by atoms with Gasteiger partial charge in [-0.1, -0.05) is 0 Å². The van der Waals surface area contributed by atoms with Crippen molar-refractivity contribution in [3.05, 3.63) is 57.3 Å². The van der Waals surface area contributed by atoms with Gasteiger partial charge in [-0.05, 0) is 40.9 Å². The quantitative estimate of drug-likeness (QED) is 0.911. The summed E-state index contributed by atoms with van der Waals surface area (Å²) in [5.74, 6) is -2.30. The average Bonchev–Trinajstić information content (AvgIpc) is 2.94. The van der Waals surface area contributed by atoms with Crippen LogP contribution in [0.4, 0.5) is 8.78 Å². The SMILES string of the molecule is Cc1cc(C(=O)NCC(O)c2ccsc2)c(F)cc1F. The Morgan fingerprint density at radius 1 is 1.40 bits per heavy atom. The van der Waals surface area contributed by atoms with Crippen LogP contribution in [0, 0.1) is 18.6 Å². The maximum Gasteiger partial charge on any atom is 0.254 e. The number of hydrogen-bond donors (Lipinski definition) is 2. The third-order valence-electron chi connectivity index (χ3n) is 2.88. The normalized spacial score (nSPS) is 12.2. The highest BCUT2D eigenvalue weighted by Crippen LogP contribution is 2.17. The Labute approximate surface area is 118 Å². The van der Waals surface area contributed by atoms with Gasteiger partial charge in [-0.25, -0.2) is 8.78 Å². The van der Waals surface area contributed by atoms with E-state index >= 15 is 0 Å². The number of aliphatic hydroxyl groups is 1. The Morgan fingerprint density at radius 3 is 2.80 bits per heavy atom. The van der Waals surface area contributed by atoms with E-state index in [2.05, 4.69) is 5.32 Å². The van der Waals surface area contributed by atoms with Crippen LogP contribution in [0.1, 0.15) is 27.6 Å². The smallest absolute Gasteiger partial charge is 0.254 e. The summed E-state index contributed by atoms with van der Waals surface area (Å²) in [6.45, 7) is 1.41. The summed E-state index contributed by atoms with van der Waals surface area (Å²) >= 11 is 1.43. The van der Waals surface area contributed by atoms with Gasteiger partial charge in [0, 0.05) is 12.6 Å². The monoisotopic (exact) mass is 297 g/mol. The van der Waals surface area contributed by atoms with E-state index in [4.69, 9.17) is 0 Å². The van der Waals surface area contributed by atoms with Crippen LogP contribution < -0.4 is 5.32 Å². The molecule has 1 amide bonds. The number of aryl methyl sites for hydroxylation is 1. The Balaban J connectivity index is 2.04. The first-order valence-corrected chi connectivity index (χ1v) is 6.87. The van der Waals surface area contributed by atoms with E-state index in [9.17, 15) is 18.7 Å². The number of halogens is 2. The van der Waals surface area contributed by atoms with Crippen LogP contribution in [0.5, 0.6) is 0 Å². The van der Waals surface area contributed by atoms with Gasteiger partial charge < -0.3 is 10.4 Å². The summed E-state index contributed by atoms with van der Waals surface area (Å²) in [6.07, 6.45) is -0.852. The molecule has 0 saturated heterocycles. The molecule has 0 spiro atoms. The topological polar surface area (TPSA) is 49.3 Å². The molecule has 0 aliphatic carbocycles. The lowest BCUT2D eigenvalue weighted by Crippen LogP contribution is -2.29. The van der Waals surface area contributed by atoms with Crippen molar-refractivity contribution in [1.29, 1.82) is 0 Å². The third kappa shape index (κ3) is 3.20. The van der Waals surface area contributed by atoms with E-state index in [0.29, 0.717) is 11.6 Å². The number of thiophene rings is 1. The number of benzene rings is 1. The molecule has 2 N–H and O–H groups in total. The van der Waals surface area contributed by atoms with Crippen molar-refractivity contribution in [2.75, 3.05) is 6.54 Å². The highest BCUT2D eigenvalue weighted by Gasteiger charge is 2.16. The number of aliphatic hydroxyl groups excluding tert-OH is 1. The number of hydrogen-bond acceptors (Lipinski definition) is 3.